The molecule has 6 rings (SSSR count). The maximum absolute atomic E-state index is 13.9. The molecule has 1 aliphatic heterocycles. The Labute approximate surface area is 223 Å². The van der Waals surface area contributed by atoms with Crippen LogP contribution in [0.25, 0.3) is 0 Å². The van der Waals surface area contributed by atoms with Crippen molar-refractivity contribution in [2.75, 3.05) is 4.90 Å². The number of anilines is 1. The van der Waals surface area contributed by atoms with Crippen molar-refractivity contribution in [3.63, 3.8) is 0 Å². The number of rotatable bonds is 3. The SMILES string of the molecule is CC1=CC(=O)C2=C(CC3C(=CCC4C(=O)N(c5cccc(C(=O)O)c5)C(=O)C43)C2c2ccc(O)c(C)c2)C1=O. The van der Waals surface area contributed by atoms with Crippen LogP contribution in [0.4, 0.5) is 5.69 Å². The molecule has 0 bridgehead atoms. The molecule has 8 nitrogen and oxygen atoms in total. The smallest absolute Gasteiger partial charge is 0.335 e. The maximum Gasteiger partial charge on any atom is 0.335 e. The van der Waals surface area contributed by atoms with E-state index in [1.165, 1.54) is 30.3 Å². The molecule has 2 amide bonds. The number of Topliss-reactive ketones (excluding diaryl/α,β-unsaturated/α-hetero) is 1. The van der Waals surface area contributed by atoms with E-state index in [2.05, 4.69) is 0 Å². The topological polar surface area (TPSA) is 129 Å². The van der Waals surface area contributed by atoms with Crippen LogP contribution < -0.4 is 4.90 Å². The van der Waals surface area contributed by atoms with Crippen molar-refractivity contribution in [2.45, 2.75) is 32.6 Å². The molecule has 0 radical (unpaired) electrons. The predicted octanol–water partition coefficient (Wildman–Crippen LogP) is 4.03. The van der Waals surface area contributed by atoms with E-state index in [1.54, 1.807) is 32.0 Å². The molecule has 1 fully saturated rings. The number of carbonyl (C=O) groups excluding carboxylic acids is 4. The van der Waals surface area contributed by atoms with Crippen LogP contribution in [0.15, 0.2) is 76.9 Å². The zero-order valence-corrected chi connectivity index (χ0v) is 21.3. The van der Waals surface area contributed by atoms with Gasteiger partial charge in [0.1, 0.15) is 5.75 Å². The van der Waals surface area contributed by atoms with Gasteiger partial charge in [0.05, 0.1) is 23.1 Å². The molecule has 0 aromatic heterocycles. The summed E-state index contributed by atoms with van der Waals surface area (Å²) in [6.07, 6.45) is 3.72. The number of imide groups is 1. The summed E-state index contributed by atoms with van der Waals surface area (Å²) < 4.78 is 0. The molecule has 3 aliphatic carbocycles. The first-order valence-electron chi connectivity index (χ1n) is 12.8. The molecule has 8 heteroatoms. The summed E-state index contributed by atoms with van der Waals surface area (Å²) in [4.78, 5) is 66.7. The van der Waals surface area contributed by atoms with E-state index in [1.807, 2.05) is 6.08 Å². The first kappa shape index (κ1) is 24.7. The van der Waals surface area contributed by atoms with Crippen LogP contribution >= 0.6 is 0 Å². The number of phenols is 1. The van der Waals surface area contributed by atoms with Gasteiger partial charge in [-0.3, -0.25) is 24.1 Å². The number of benzene rings is 2. The van der Waals surface area contributed by atoms with Crippen LogP contribution in [-0.4, -0.2) is 39.6 Å². The minimum Gasteiger partial charge on any atom is -0.508 e. The Kier molecular flexibility index (Phi) is 5.53. The summed E-state index contributed by atoms with van der Waals surface area (Å²) >= 11 is 0. The monoisotopic (exact) mass is 523 g/mol. The molecular weight excluding hydrogens is 498 g/mol. The average molecular weight is 524 g/mol. The van der Waals surface area contributed by atoms with E-state index in [0.29, 0.717) is 22.3 Å². The number of amides is 2. The number of carboxylic acids is 1. The number of nitrogens with zero attached hydrogens (tertiary/aromatic N) is 1. The zero-order chi connectivity index (χ0) is 27.7. The van der Waals surface area contributed by atoms with E-state index < -0.39 is 41.5 Å². The molecule has 4 atom stereocenters. The number of hydrogen-bond donors (Lipinski definition) is 2. The van der Waals surface area contributed by atoms with Crippen molar-refractivity contribution in [3.8, 4) is 5.75 Å². The largest absolute Gasteiger partial charge is 0.508 e. The number of ketones is 2. The highest BCUT2D eigenvalue weighted by Crippen LogP contribution is 2.55. The van der Waals surface area contributed by atoms with Gasteiger partial charge in [-0.15, -0.1) is 0 Å². The van der Waals surface area contributed by atoms with Gasteiger partial charge in [0, 0.05) is 22.6 Å². The van der Waals surface area contributed by atoms with Gasteiger partial charge in [0.25, 0.3) is 0 Å². The zero-order valence-electron chi connectivity index (χ0n) is 21.3. The molecule has 39 heavy (non-hydrogen) atoms. The van der Waals surface area contributed by atoms with Gasteiger partial charge < -0.3 is 10.2 Å². The van der Waals surface area contributed by atoms with Crippen molar-refractivity contribution >= 4 is 35.0 Å². The number of allylic oxidation sites excluding steroid dienone is 6. The number of carboxylic acid groups (broad SMARTS) is 1. The van der Waals surface area contributed by atoms with Crippen LogP contribution in [0, 0.1) is 24.7 Å². The van der Waals surface area contributed by atoms with Gasteiger partial charge in [-0.05, 0) is 74.1 Å². The third-order valence-electron chi connectivity index (χ3n) is 8.47. The van der Waals surface area contributed by atoms with Crippen molar-refractivity contribution in [2.24, 2.45) is 17.8 Å². The van der Waals surface area contributed by atoms with Gasteiger partial charge in [-0.2, -0.15) is 0 Å². The first-order valence-corrected chi connectivity index (χ1v) is 12.8. The Morgan fingerprint density at radius 1 is 0.974 bits per heavy atom. The Bertz CT molecular complexity index is 1620. The van der Waals surface area contributed by atoms with Crippen molar-refractivity contribution in [3.05, 3.63) is 93.6 Å². The highest BCUT2D eigenvalue weighted by molar-refractivity contribution is 6.25. The molecule has 1 heterocycles. The second-order valence-corrected chi connectivity index (χ2v) is 10.6. The van der Waals surface area contributed by atoms with Crippen molar-refractivity contribution in [1.82, 2.24) is 0 Å². The Morgan fingerprint density at radius 3 is 2.46 bits per heavy atom. The summed E-state index contributed by atoms with van der Waals surface area (Å²) in [7, 11) is 0. The maximum atomic E-state index is 13.9. The van der Waals surface area contributed by atoms with Crippen LogP contribution in [-0.2, 0) is 19.2 Å². The second kappa shape index (κ2) is 8.73. The number of fused-ring (bicyclic) bond motifs is 3. The quantitative estimate of drug-likeness (QED) is 0.353. The van der Waals surface area contributed by atoms with E-state index in [0.717, 1.165) is 16.0 Å². The standard InChI is InChI=1S/C31H25NO7/c1-14-10-16(6-9-23(14)33)25-19-7-8-20-26(21(19)13-22-27(25)24(34)11-15(2)28(22)35)30(37)32(29(20)36)18-5-3-4-17(12-18)31(38)39/h3-7,9-12,20-21,25-26,33H,8,13H2,1-2H3,(H,38,39). The lowest BCUT2D eigenvalue weighted by Crippen LogP contribution is -2.39. The lowest BCUT2D eigenvalue weighted by molar-refractivity contribution is -0.123. The van der Waals surface area contributed by atoms with Gasteiger partial charge in [-0.25, -0.2) is 4.79 Å². The highest BCUT2D eigenvalue weighted by Gasteiger charge is 2.56. The molecule has 0 saturated carbocycles. The summed E-state index contributed by atoms with van der Waals surface area (Å²) in [5.74, 6) is -4.88. The summed E-state index contributed by atoms with van der Waals surface area (Å²) in [5, 5.41) is 19.5. The van der Waals surface area contributed by atoms with Gasteiger partial charge in [-0.1, -0.05) is 29.8 Å². The first-order chi connectivity index (χ1) is 18.6. The number of aromatic carboxylic acids is 1. The summed E-state index contributed by atoms with van der Waals surface area (Å²) in [5.41, 5.74) is 3.41. The highest BCUT2D eigenvalue weighted by atomic mass is 16.4. The van der Waals surface area contributed by atoms with Crippen LogP contribution in [0.5, 0.6) is 5.75 Å². The van der Waals surface area contributed by atoms with E-state index in [4.69, 9.17) is 0 Å². The van der Waals surface area contributed by atoms with Crippen LogP contribution in [0.1, 0.15) is 47.2 Å². The van der Waals surface area contributed by atoms with E-state index in [9.17, 15) is 34.2 Å². The molecule has 196 valence electrons. The summed E-state index contributed by atoms with van der Waals surface area (Å²) in [6, 6.07) is 10.8. The minimum absolute atomic E-state index is 0.0365. The fraction of sp³-hybridized carbons (Fsp3) is 0.258. The fourth-order valence-corrected chi connectivity index (χ4v) is 6.65. The lowest BCUT2D eigenvalue weighted by Gasteiger charge is -2.42. The number of hydrogen-bond acceptors (Lipinski definition) is 6. The average Bonchev–Trinajstić information content (AvgIpc) is 3.17. The summed E-state index contributed by atoms with van der Waals surface area (Å²) in [6.45, 7) is 3.35. The lowest BCUT2D eigenvalue weighted by atomic mass is 9.59. The van der Waals surface area contributed by atoms with E-state index >= 15 is 0 Å². The van der Waals surface area contributed by atoms with Crippen molar-refractivity contribution < 1.29 is 34.2 Å². The third kappa shape index (κ3) is 3.62. The molecule has 2 N–H and O–H groups in total. The molecule has 4 aliphatic rings. The van der Waals surface area contributed by atoms with Gasteiger partial charge >= 0.3 is 5.97 Å². The number of carbonyl (C=O) groups is 5. The van der Waals surface area contributed by atoms with E-state index in [-0.39, 0.29) is 41.4 Å². The Morgan fingerprint density at radius 2 is 1.74 bits per heavy atom. The second-order valence-electron chi connectivity index (χ2n) is 10.6. The van der Waals surface area contributed by atoms with Crippen LogP contribution in [0.3, 0.4) is 0 Å². The fourth-order valence-electron chi connectivity index (χ4n) is 6.65. The molecule has 0 spiro atoms. The predicted molar refractivity (Wildman–Crippen MR) is 140 cm³/mol. The van der Waals surface area contributed by atoms with Gasteiger partial charge in [0.15, 0.2) is 11.6 Å². The third-order valence-corrected chi connectivity index (χ3v) is 8.47. The minimum atomic E-state index is -1.17. The van der Waals surface area contributed by atoms with Crippen molar-refractivity contribution in [1.29, 1.82) is 0 Å². The number of aryl methyl sites for hydroxylation is 1. The normalized spacial score (nSPS) is 26.2. The number of aromatic hydroxyl groups is 1. The molecular formula is C31H25NO7. The number of phenolic OH excluding ortho intramolecular Hbond substituents is 1. The van der Waals surface area contributed by atoms with Crippen LogP contribution in [0.2, 0.25) is 0 Å². The van der Waals surface area contributed by atoms with Gasteiger partial charge in [0.2, 0.25) is 11.8 Å². The Hall–Kier alpha value is -4.59. The Balaban J connectivity index is 1.48. The molecule has 4 unspecified atom stereocenters. The molecule has 1 saturated heterocycles. The molecule has 2 aromatic carbocycles. The molecule has 2 aromatic rings.